The number of hydrogen-bond donors (Lipinski definition) is 2. The molecule has 2 N–H and O–H groups in total. The molecule has 0 spiro atoms. The van der Waals surface area contributed by atoms with Gasteiger partial charge < -0.3 is 10.2 Å². The van der Waals surface area contributed by atoms with Crippen LogP contribution < -0.4 is 0 Å². The zero-order valence-electron chi connectivity index (χ0n) is 14.4. The summed E-state index contributed by atoms with van der Waals surface area (Å²) in [5.41, 5.74) is 1.73. The van der Waals surface area contributed by atoms with Crippen molar-refractivity contribution in [3.8, 4) is 0 Å². The molecule has 2 fully saturated rings. The van der Waals surface area contributed by atoms with E-state index in [2.05, 4.69) is 39.5 Å². The van der Waals surface area contributed by atoms with Crippen LogP contribution in [0.4, 0.5) is 0 Å². The van der Waals surface area contributed by atoms with Crippen LogP contribution in [0.5, 0.6) is 0 Å². The van der Waals surface area contributed by atoms with Gasteiger partial charge in [-0.05, 0) is 61.2 Å². The first-order chi connectivity index (χ1) is 10.3. The number of aliphatic hydroxyl groups is 2. The summed E-state index contributed by atoms with van der Waals surface area (Å²) >= 11 is 0. The number of aliphatic hydroxyl groups excluding tert-OH is 2. The highest BCUT2D eigenvalue weighted by atomic mass is 16.3. The van der Waals surface area contributed by atoms with Crippen LogP contribution in [0.25, 0.3) is 0 Å². The van der Waals surface area contributed by atoms with Crippen LogP contribution in [0.1, 0.15) is 59.3 Å². The second-order valence-corrected chi connectivity index (χ2v) is 8.99. The third kappa shape index (κ3) is 2.30. The van der Waals surface area contributed by atoms with Crippen molar-refractivity contribution in [3.05, 3.63) is 24.3 Å². The molecule has 0 heterocycles. The Morgan fingerprint density at radius 1 is 1.27 bits per heavy atom. The lowest BCUT2D eigenvalue weighted by atomic mass is 9.45. The first kappa shape index (κ1) is 16.3. The molecule has 6 atom stereocenters. The summed E-state index contributed by atoms with van der Waals surface area (Å²) in [5.74, 6) is 1.09. The number of fused-ring (bicyclic) bond motifs is 3. The quantitative estimate of drug-likeness (QED) is 0.755. The van der Waals surface area contributed by atoms with Crippen LogP contribution in [0.3, 0.4) is 0 Å². The highest BCUT2D eigenvalue weighted by Gasteiger charge is 2.57. The molecule has 0 aliphatic heterocycles. The zero-order valence-corrected chi connectivity index (χ0v) is 14.4. The zero-order chi connectivity index (χ0) is 16.2. The van der Waals surface area contributed by atoms with Gasteiger partial charge in [-0.25, -0.2) is 0 Å². The molecule has 2 nitrogen and oxygen atoms in total. The van der Waals surface area contributed by atoms with Crippen LogP contribution in [0.2, 0.25) is 0 Å². The molecule has 0 saturated heterocycles. The minimum absolute atomic E-state index is 0.127. The summed E-state index contributed by atoms with van der Waals surface area (Å²) in [6, 6.07) is 0. The topological polar surface area (TPSA) is 40.5 Å². The van der Waals surface area contributed by atoms with Gasteiger partial charge in [-0.3, -0.25) is 0 Å². The van der Waals surface area contributed by atoms with Crippen molar-refractivity contribution >= 4 is 0 Å². The lowest BCUT2D eigenvalue weighted by Gasteiger charge is -2.60. The third-order valence-corrected chi connectivity index (χ3v) is 7.29. The average molecular weight is 304 g/mol. The molecule has 0 bridgehead atoms. The fourth-order valence-corrected chi connectivity index (χ4v) is 6.15. The maximum Gasteiger partial charge on any atom is 0.0552 e. The molecule has 0 aromatic carbocycles. The summed E-state index contributed by atoms with van der Waals surface area (Å²) in [6.07, 6.45) is 10.6. The molecule has 0 amide bonds. The average Bonchev–Trinajstić information content (AvgIpc) is 2.45. The van der Waals surface area contributed by atoms with Gasteiger partial charge in [0.2, 0.25) is 0 Å². The Hall–Kier alpha value is -0.600. The molecule has 3 aliphatic carbocycles. The van der Waals surface area contributed by atoms with Gasteiger partial charge in [-0.1, -0.05) is 38.5 Å². The van der Waals surface area contributed by atoms with Gasteiger partial charge in [-0.15, -0.1) is 6.58 Å². The summed E-state index contributed by atoms with van der Waals surface area (Å²) in [5, 5.41) is 20.5. The van der Waals surface area contributed by atoms with Crippen LogP contribution in [-0.4, -0.2) is 22.9 Å². The predicted octanol–water partition coefficient (Wildman–Crippen LogP) is 4.08. The summed E-state index contributed by atoms with van der Waals surface area (Å²) < 4.78 is 0. The lowest BCUT2D eigenvalue weighted by molar-refractivity contribution is -0.131. The maximum absolute atomic E-state index is 10.5. The van der Waals surface area contributed by atoms with E-state index in [0.717, 1.165) is 32.1 Å². The van der Waals surface area contributed by atoms with Gasteiger partial charge >= 0.3 is 0 Å². The Morgan fingerprint density at radius 2 is 2.00 bits per heavy atom. The van der Waals surface area contributed by atoms with Crippen molar-refractivity contribution in [1.82, 2.24) is 0 Å². The SMILES string of the molecule is C=C[C@@]1(C)C=C2CC[C@H]3[C@](C)(CO)C[C@H](O)C[C@]3(C)[C@H]2CC1. The van der Waals surface area contributed by atoms with E-state index in [1.165, 1.54) is 6.42 Å². The Morgan fingerprint density at radius 3 is 2.64 bits per heavy atom. The lowest BCUT2D eigenvalue weighted by Crippen LogP contribution is -2.56. The summed E-state index contributed by atoms with van der Waals surface area (Å²) in [4.78, 5) is 0. The Kier molecular flexibility index (Phi) is 3.85. The normalized spacial score (nSPS) is 51.5. The second kappa shape index (κ2) is 5.21. The minimum atomic E-state index is -0.273. The van der Waals surface area contributed by atoms with Crippen molar-refractivity contribution in [2.45, 2.75) is 65.4 Å². The molecule has 2 saturated carbocycles. The van der Waals surface area contributed by atoms with Gasteiger partial charge in [0, 0.05) is 12.0 Å². The van der Waals surface area contributed by atoms with E-state index in [1.54, 1.807) is 5.57 Å². The minimum Gasteiger partial charge on any atom is -0.396 e. The van der Waals surface area contributed by atoms with E-state index in [0.29, 0.717) is 11.8 Å². The number of allylic oxidation sites excluding steroid dienone is 3. The van der Waals surface area contributed by atoms with Gasteiger partial charge in [0.05, 0.1) is 6.10 Å². The van der Waals surface area contributed by atoms with E-state index in [1.807, 2.05) is 0 Å². The molecule has 3 rings (SSSR count). The van der Waals surface area contributed by atoms with Crippen molar-refractivity contribution in [3.63, 3.8) is 0 Å². The van der Waals surface area contributed by atoms with E-state index in [9.17, 15) is 10.2 Å². The first-order valence-corrected chi connectivity index (χ1v) is 8.90. The highest BCUT2D eigenvalue weighted by molar-refractivity contribution is 5.26. The molecule has 0 aromatic heterocycles. The van der Waals surface area contributed by atoms with E-state index >= 15 is 0 Å². The van der Waals surface area contributed by atoms with Gasteiger partial charge in [0.15, 0.2) is 0 Å². The number of hydrogen-bond acceptors (Lipinski definition) is 2. The van der Waals surface area contributed by atoms with E-state index in [4.69, 9.17) is 0 Å². The monoisotopic (exact) mass is 304 g/mol. The fraction of sp³-hybridized carbons (Fsp3) is 0.800. The van der Waals surface area contributed by atoms with Crippen molar-refractivity contribution < 1.29 is 10.2 Å². The third-order valence-electron chi connectivity index (χ3n) is 7.29. The Bertz CT molecular complexity index is 496. The first-order valence-electron chi connectivity index (χ1n) is 8.90. The molecule has 3 aliphatic rings. The van der Waals surface area contributed by atoms with Gasteiger partial charge in [0.1, 0.15) is 0 Å². The fourth-order valence-electron chi connectivity index (χ4n) is 6.15. The second-order valence-electron chi connectivity index (χ2n) is 8.99. The van der Waals surface area contributed by atoms with Crippen LogP contribution >= 0.6 is 0 Å². The van der Waals surface area contributed by atoms with E-state index in [-0.39, 0.29) is 29.0 Å². The smallest absolute Gasteiger partial charge is 0.0552 e. The van der Waals surface area contributed by atoms with E-state index < -0.39 is 0 Å². The largest absolute Gasteiger partial charge is 0.396 e. The van der Waals surface area contributed by atoms with Gasteiger partial charge in [0.25, 0.3) is 0 Å². The molecule has 0 aromatic rings. The summed E-state index contributed by atoms with van der Waals surface area (Å²) in [6.45, 7) is 11.1. The van der Waals surface area contributed by atoms with Crippen molar-refractivity contribution in [2.24, 2.45) is 28.1 Å². The standard InChI is InChI=1S/C20H32O2/c1-5-18(2)9-8-16-14(10-18)6-7-17-19(3,13-21)11-15(22)12-20(16,17)4/h5,10,15-17,21-22H,1,6-9,11-13H2,2-4H3/t15-,16-,17-,18+,19-,20+/m0/s1. The van der Waals surface area contributed by atoms with Crippen LogP contribution in [0, 0.1) is 28.1 Å². The van der Waals surface area contributed by atoms with Crippen molar-refractivity contribution in [1.29, 1.82) is 0 Å². The molecule has 22 heavy (non-hydrogen) atoms. The highest BCUT2D eigenvalue weighted by Crippen LogP contribution is 2.63. The Balaban J connectivity index is 1.99. The maximum atomic E-state index is 10.5. The van der Waals surface area contributed by atoms with Crippen LogP contribution in [-0.2, 0) is 0 Å². The summed E-state index contributed by atoms with van der Waals surface area (Å²) in [7, 11) is 0. The molecular formula is C20H32O2. The Labute approximate surface area is 135 Å². The molecule has 2 heteroatoms. The molecule has 0 unspecified atom stereocenters. The van der Waals surface area contributed by atoms with Crippen molar-refractivity contribution in [2.75, 3.05) is 6.61 Å². The predicted molar refractivity (Wildman–Crippen MR) is 90.4 cm³/mol. The molecular weight excluding hydrogens is 272 g/mol. The molecule has 124 valence electrons. The number of rotatable bonds is 2. The van der Waals surface area contributed by atoms with Gasteiger partial charge in [-0.2, -0.15) is 0 Å². The molecule has 0 radical (unpaired) electrons. The van der Waals surface area contributed by atoms with Crippen LogP contribution in [0.15, 0.2) is 24.3 Å².